The van der Waals surface area contributed by atoms with Gasteiger partial charge in [-0.1, -0.05) is 6.07 Å². The van der Waals surface area contributed by atoms with Gasteiger partial charge in [0.05, 0.1) is 18.0 Å². The van der Waals surface area contributed by atoms with E-state index in [4.69, 9.17) is 0 Å². The minimum Gasteiger partial charge on any atom is -0.355 e. The van der Waals surface area contributed by atoms with Crippen LogP contribution in [0.1, 0.15) is 30.9 Å². The Morgan fingerprint density at radius 2 is 1.67 bits per heavy atom. The van der Waals surface area contributed by atoms with Crippen LogP contribution in [0.25, 0.3) is 0 Å². The van der Waals surface area contributed by atoms with Crippen LogP contribution in [-0.4, -0.2) is 39.9 Å². The molecule has 1 aliphatic rings. The number of rotatable bonds is 7. The maximum absolute atomic E-state index is 12.3. The van der Waals surface area contributed by atoms with Crippen molar-refractivity contribution in [1.82, 2.24) is 15.4 Å². The molecular weight excluding hydrogens is 330 g/mol. The second-order valence-electron chi connectivity index (χ2n) is 5.69. The van der Waals surface area contributed by atoms with Crippen LogP contribution < -0.4 is 15.4 Å². The lowest BCUT2D eigenvalue weighted by molar-refractivity contribution is -0.125. The first kappa shape index (κ1) is 18.4. The number of carbonyl (C=O) groups is 2. The first-order valence-corrected chi connectivity index (χ1v) is 9.55. The monoisotopic (exact) mass is 353 g/mol. The lowest BCUT2D eigenvalue weighted by Crippen LogP contribution is -2.41. The normalized spacial score (nSPS) is 13.9. The van der Waals surface area contributed by atoms with Crippen molar-refractivity contribution in [2.24, 2.45) is 0 Å². The fraction of sp³-hybridized carbons (Fsp3) is 0.500. The summed E-state index contributed by atoms with van der Waals surface area (Å²) in [7, 11) is -3.75. The summed E-state index contributed by atoms with van der Waals surface area (Å²) in [4.78, 5) is 23.1. The van der Waals surface area contributed by atoms with E-state index in [1.807, 2.05) is 6.07 Å². The van der Waals surface area contributed by atoms with E-state index < -0.39 is 22.5 Å². The highest BCUT2D eigenvalue weighted by atomic mass is 32.2. The maximum atomic E-state index is 12.3. The first-order valence-electron chi connectivity index (χ1n) is 8.07. The third-order valence-corrected chi connectivity index (χ3v) is 5.27. The van der Waals surface area contributed by atoms with Crippen molar-refractivity contribution in [3.05, 3.63) is 29.3 Å². The van der Waals surface area contributed by atoms with Gasteiger partial charge in [0.15, 0.2) is 0 Å². The van der Waals surface area contributed by atoms with Gasteiger partial charge in [-0.2, -0.15) is 0 Å². The number of hydrogen-bond donors (Lipinski definition) is 3. The molecule has 132 valence electrons. The molecule has 1 aliphatic carbocycles. The molecule has 2 rings (SSSR count). The van der Waals surface area contributed by atoms with Gasteiger partial charge < -0.3 is 10.6 Å². The van der Waals surface area contributed by atoms with Gasteiger partial charge in [-0.3, -0.25) is 9.59 Å². The summed E-state index contributed by atoms with van der Waals surface area (Å²) in [5.41, 5.74) is 2.25. The number of likely N-dealkylation sites (N-methyl/N-ethyl adjacent to an activating group) is 1. The molecule has 2 amide bonds. The Kier molecular flexibility index (Phi) is 6.33. The molecule has 8 heteroatoms. The number of carbonyl (C=O) groups excluding carboxylic acids is 2. The minimum atomic E-state index is -3.75. The van der Waals surface area contributed by atoms with Gasteiger partial charge in [-0.25, -0.2) is 13.1 Å². The van der Waals surface area contributed by atoms with Gasteiger partial charge in [0, 0.05) is 6.54 Å². The van der Waals surface area contributed by atoms with Crippen molar-refractivity contribution in [3.63, 3.8) is 0 Å². The van der Waals surface area contributed by atoms with Crippen LogP contribution >= 0.6 is 0 Å². The molecule has 3 N–H and O–H groups in total. The van der Waals surface area contributed by atoms with Gasteiger partial charge >= 0.3 is 0 Å². The highest BCUT2D eigenvalue weighted by Gasteiger charge is 2.18. The number of aryl methyl sites for hydroxylation is 2. The largest absolute Gasteiger partial charge is 0.355 e. The van der Waals surface area contributed by atoms with Crippen molar-refractivity contribution in [3.8, 4) is 0 Å². The lowest BCUT2D eigenvalue weighted by atomic mass is 9.92. The predicted molar refractivity (Wildman–Crippen MR) is 90.0 cm³/mol. The molecule has 0 fully saturated rings. The van der Waals surface area contributed by atoms with Crippen molar-refractivity contribution in [2.75, 3.05) is 19.6 Å². The summed E-state index contributed by atoms with van der Waals surface area (Å²) in [6.07, 6.45) is 4.05. The smallest absolute Gasteiger partial charge is 0.241 e. The van der Waals surface area contributed by atoms with Crippen molar-refractivity contribution in [2.45, 2.75) is 37.5 Å². The van der Waals surface area contributed by atoms with Crippen LogP contribution in [0.2, 0.25) is 0 Å². The average Bonchev–Trinajstić information content (AvgIpc) is 2.58. The Hall–Kier alpha value is -1.93. The van der Waals surface area contributed by atoms with Crippen LogP contribution in [0, 0.1) is 0 Å². The van der Waals surface area contributed by atoms with E-state index in [0.29, 0.717) is 6.54 Å². The SMILES string of the molecule is CCNC(=O)CNC(=O)CNS(=O)(=O)c1ccc2c(c1)CCCC2. The third-order valence-electron chi connectivity index (χ3n) is 3.87. The molecular formula is C16H23N3O4S. The summed E-state index contributed by atoms with van der Waals surface area (Å²) < 4.78 is 26.9. The Morgan fingerprint density at radius 3 is 2.38 bits per heavy atom. The molecule has 0 atom stereocenters. The second-order valence-corrected chi connectivity index (χ2v) is 7.46. The molecule has 0 unspecified atom stereocenters. The molecule has 0 bridgehead atoms. The van der Waals surface area contributed by atoms with Crippen molar-refractivity contribution in [1.29, 1.82) is 0 Å². The quantitative estimate of drug-likeness (QED) is 0.646. The number of hydrogen-bond acceptors (Lipinski definition) is 4. The summed E-state index contributed by atoms with van der Waals surface area (Å²) in [5.74, 6) is -0.869. The van der Waals surface area contributed by atoms with E-state index in [1.165, 1.54) is 5.56 Å². The molecule has 0 radical (unpaired) electrons. The van der Waals surface area contributed by atoms with Gasteiger partial charge in [0.25, 0.3) is 0 Å². The standard InChI is InChI=1S/C16H23N3O4S/c1-2-17-15(20)10-18-16(21)11-19-24(22,23)14-8-7-12-5-3-4-6-13(12)9-14/h7-9,19H,2-6,10-11H2,1H3,(H,17,20)(H,18,21). The second kappa shape index (κ2) is 8.25. The number of nitrogens with one attached hydrogen (secondary N) is 3. The number of amides is 2. The van der Waals surface area contributed by atoms with Gasteiger partial charge in [0.2, 0.25) is 21.8 Å². The number of sulfonamides is 1. The van der Waals surface area contributed by atoms with Crippen LogP contribution in [0.4, 0.5) is 0 Å². The van der Waals surface area contributed by atoms with E-state index in [0.717, 1.165) is 31.2 Å². The molecule has 24 heavy (non-hydrogen) atoms. The third kappa shape index (κ3) is 5.04. The van der Waals surface area contributed by atoms with E-state index in [9.17, 15) is 18.0 Å². The minimum absolute atomic E-state index is 0.166. The van der Waals surface area contributed by atoms with Crippen molar-refractivity contribution >= 4 is 21.8 Å². The van der Waals surface area contributed by atoms with Crippen LogP contribution in [0.5, 0.6) is 0 Å². The molecule has 0 heterocycles. The Labute approximate surface area is 142 Å². The summed E-state index contributed by atoms with van der Waals surface area (Å²) in [5, 5.41) is 4.90. The maximum Gasteiger partial charge on any atom is 0.241 e. The molecule has 0 aromatic heterocycles. The van der Waals surface area contributed by atoms with Crippen LogP contribution in [0.3, 0.4) is 0 Å². The van der Waals surface area contributed by atoms with E-state index in [2.05, 4.69) is 15.4 Å². The van der Waals surface area contributed by atoms with E-state index >= 15 is 0 Å². The number of fused-ring (bicyclic) bond motifs is 1. The zero-order valence-corrected chi connectivity index (χ0v) is 14.5. The average molecular weight is 353 g/mol. The Balaban J connectivity index is 1.91. The van der Waals surface area contributed by atoms with Crippen LogP contribution in [-0.2, 0) is 32.5 Å². The molecule has 0 aliphatic heterocycles. The molecule has 1 aromatic rings. The predicted octanol–water partition coefficient (Wildman–Crippen LogP) is 0.0960. The lowest BCUT2D eigenvalue weighted by Gasteiger charge is -2.16. The van der Waals surface area contributed by atoms with Gasteiger partial charge in [-0.15, -0.1) is 0 Å². The topological polar surface area (TPSA) is 104 Å². The number of benzene rings is 1. The molecule has 1 aromatic carbocycles. The Bertz CT molecular complexity index is 716. The van der Waals surface area contributed by atoms with E-state index in [-0.39, 0.29) is 17.3 Å². The fourth-order valence-corrected chi connectivity index (χ4v) is 3.65. The summed E-state index contributed by atoms with van der Waals surface area (Å²) >= 11 is 0. The zero-order valence-electron chi connectivity index (χ0n) is 13.7. The first-order chi connectivity index (χ1) is 11.4. The van der Waals surface area contributed by atoms with Crippen molar-refractivity contribution < 1.29 is 18.0 Å². The van der Waals surface area contributed by atoms with Gasteiger partial charge in [0.1, 0.15) is 0 Å². The highest BCUT2D eigenvalue weighted by molar-refractivity contribution is 7.89. The summed E-state index contributed by atoms with van der Waals surface area (Å²) in [6.45, 7) is 1.66. The fourth-order valence-electron chi connectivity index (χ4n) is 2.62. The summed E-state index contributed by atoms with van der Waals surface area (Å²) in [6, 6.07) is 5.10. The Morgan fingerprint density at radius 1 is 1.00 bits per heavy atom. The molecule has 0 saturated heterocycles. The molecule has 0 saturated carbocycles. The highest BCUT2D eigenvalue weighted by Crippen LogP contribution is 2.23. The molecule has 7 nitrogen and oxygen atoms in total. The van der Waals surface area contributed by atoms with Crippen LogP contribution in [0.15, 0.2) is 23.1 Å². The zero-order chi connectivity index (χ0) is 17.6. The van der Waals surface area contributed by atoms with Gasteiger partial charge in [-0.05, 0) is 55.9 Å². The van der Waals surface area contributed by atoms with E-state index in [1.54, 1.807) is 19.1 Å². The molecule has 0 spiro atoms.